The number of hydrogen-bond acceptors (Lipinski definition) is 2. The summed E-state index contributed by atoms with van der Waals surface area (Å²) in [6.07, 6.45) is 1.89. The second-order valence-electron chi connectivity index (χ2n) is 3.61. The molecule has 0 amide bonds. The average Bonchev–Trinajstić information content (AvgIpc) is 1.97. The van der Waals surface area contributed by atoms with Gasteiger partial charge in [-0.1, -0.05) is 20.8 Å². The Kier molecular flexibility index (Phi) is 4.46. The summed E-state index contributed by atoms with van der Waals surface area (Å²) >= 11 is -1.33. The van der Waals surface area contributed by atoms with E-state index in [-0.39, 0.29) is 5.41 Å². The summed E-state index contributed by atoms with van der Waals surface area (Å²) in [5.41, 5.74) is 3.01. The fraction of sp³-hybridized carbons (Fsp3) is 0.667. The van der Waals surface area contributed by atoms with Crippen LogP contribution in [0.2, 0.25) is 0 Å². The van der Waals surface area contributed by atoms with Crippen LogP contribution in [-0.2, 0) is 15.3 Å². The zero-order valence-corrected chi connectivity index (χ0v) is 9.12. The highest BCUT2D eigenvalue weighted by molar-refractivity contribution is 7.84. The van der Waals surface area contributed by atoms with Gasteiger partial charge in [0.25, 0.3) is 0 Å². The van der Waals surface area contributed by atoms with E-state index in [0.717, 1.165) is 0 Å². The van der Waals surface area contributed by atoms with Crippen LogP contribution in [0.1, 0.15) is 27.7 Å². The molecule has 0 saturated carbocycles. The van der Waals surface area contributed by atoms with Crippen molar-refractivity contribution in [1.82, 2.24) is 0 Å². The molecule has 0 N–H and O–H groups in total. The van der Waals surface area contributed by atoms with Crippen molar-refractivity contribution in [3.8, 4) is 0 Å². The van der Waals surface area contributed by atoms with E-state index in [0.29, 0.717) is 4.91 Å². The molecule has 12 heavy (non-hydrogen) atoms. The fourth-order valence-corrected chi connectivity index (χ4v) is 0.896. The molecular formula is C9H16O2S. The van der Waals surface area contributed by atoms with E-state index in [2.05, 4.69) is 30.7 Å². The van der Waals surface area contributed by atoms with Crippen LogP contribution in [0, 0.1) is 5.41 Å². The second kappa shape index (κ2) is 4.61. The third kappa shape index (κ3) is 5.30. The maximum absolute atomic E-state index is 11.0. The topological polar surface area (TPSA) is 26.3 Å². The number of allylic oxidation sites excluding steroid dienone is 1. The molecular weight excluding hydrogens is 172 g/mol. The summed E-state index contributed by atoms with van der Waals surface area (Å²) in [5.74, 6) is 0. The van der Waals surface area contributed by atoms with Crippen molar-refractivity contribution in [2.45, 2.75) is 27.7 Å². The number of rotatable bonds is 2. The highest BCUT2D eigenvalue weighted by Crippen LogP contribution is 2.14. The lowest BCUT2D eigenvalue weighted by Gasteiger charge is -2.08. The molecule has 0 rings (SSSR count). The zero-order chi connectivity index (χ0) is 9.78. The Bertz CT molecular complexity index is 229. The molecule has 1 atom stereocenters. The van der Waals surface area contributed by atoms with Crippen molar-refractivity contribution in [1.29, 1.82) is 0 Å². The van der Waals surface area contributed by atoms with Crippen molar-refractivity contribution < 1.29 is 8.39 Å². The van der Waals surface area contributed by atoms with Crippen LogP contribution in [-0.4, -0.2) is 11.3 Å². The summed E-state index contributed by atoms with van der Waals surface area (Å²) in [6.45, 7) is 7.91. The van der Waals surface area contributed by atoms with Gasteiger partial charge in [0.2, 0.25) is 0 Å². The van der Waals surface area contributed by atoms with Gasteiger partial charge in [-0.05, 0) is 18.4 Å². The maximum atomic E-state index is 11.0. The molecule has 0 bridgehead atoms. The Morgan fingerprint density at radius 3 is 2.33 bits per heavy atom. The van der Waals surface area contributed by atoms with Gasteiger partial charge in [0.05, 0.1) is 12.0 Å². The standard InChI is InChI=1S/C9H16O2S/c1-8(12(10)11-5)6-7-9(2,3)4/h7H,1-5H3/t6?,12-/m1/s1. The van der Waals surface area contributed by atoms with Gasteiger partial charge in [0.15, 0.2) is 11.1 Å². The molecule has 0 heterocycles. The van der Waals surface area contributed by atoms with Crippen molar-refractivity contribution in [2.75, 3.05) is 7.11 Å². The van der Waals surface area contributed by atoms with Gasteiger partial charge in [0, 0.05) is 0 Å². The van der Waals surface area contributed by atoms with E-state index in [1.165, 1.54) is 7.11 Å². The summed E-state index contributed by atoms with van der Waals surface area (Å²) in [6, 6.07) is 0. The van der Waals surface area contributed by atoms with E-state index in [1.54, 1.807) is 6.92 Å². The van der Waals surface area contributed by atoms with Gasteiger partial charge in [0.1, 0.15) is 0 Å². The lowest BCUT2D eigenvalue weighted by atomic mass is 9.97. The van der Waals surface area contributed by atoms with Crippen molar-refractivity contribution in [3.63, 3.8) is 0 Å². The molecule has 0 aromatic carbocycles. The Hall–Kier alpha value is -0.370. The summed E-state index contributed by atoms with van der Waals surface area (Å²) < 4.78 is 15.6. The molecule has 0 unspecified atom stereocenters. The monoisotopic (exact) mass is 188 g/mol. The Balaban J connectivity index is 4.56. The minimum atomic E-state index is -1.33. The normalized spacial score (nSPS) is 13.4. The van der Waals surface area contributed by atoms with Crippen LogP contribution >= 0.6 is 0 Å². The molecule has 0 aromatic heterocycles. The molecule has 70 valence electrons. The zero-order valence-electron chi connectivity index (χ0n) is 8.30. The van der Waals surface area contributed by atoms with Crippen LogP contribution in [0.15, 0.2) is 16.7 Å². The lowest BCUT2D eigenvalue weighted by Crippen LogP contribution is -1.98. The summed E-state index contributed by atoms with van der Waals surface area (Å²) in [7, 11) is 1.42. The van der Waals surface area contributed by atoms with Crippen molar-refractivity contribution >= 4 is 11.1 Å². The van der Waals surface area contributed by atoms with E-state index >= 15 is 0 Å². The van der Waals surface area contributed by atoms with Crippen LogP contribution in [0.3, 0.4) is 0 Å². The van der Waals surface area contributed by atoms with Gasteiger partial charge in [-0.2, -0.15) is 0 Å². The van der Waals surface area contributed by atoms with Gasteiger partial charge >= 0.3 is 0 Å². The average molecular weight is 188 g/mol. The van der Waals surface area contributed by atoms with E-state index in [1.807, 2.05) is 6.08 Å². The third-order valence-electron chi connectivity index (χ3n) is 1.11. The van der Waals surface area contributed by atoms with Gasteiger partial charge in [-0.3, -0.25) is 4.18 Å². The smallest absolute Gasteiger partial charge is 0.192 e. The molecule has 0 aromatic rings. The third-order valence-corrected chi connectivity index (χ3v) is 2.03. The molecule has 0 radical (unpaired) electrons. The predicted octanol–water partition coefficient (Wildman–Crippen LogP) is 2.40. The molecule has 0 aliphatic rings. The lowest BCUT2D eigenvalue weighted by molar-refractivity contribution is 0.450. The first kappa shape index (κ1) is 11.6. The maximum Gasteiger partial charge on any atom is 0.192 e. The van der Waals surface area contributed by atoms with E-state index < -0.39 is 11.1 Å². The molecule has 0 saturated heterocycles. The largest absolute Gasteiger partial charge is 0.290 e. The molecule has 2 nitrogen and oxygen atoms in total. The Morgan fingerprint density at radius 2 is 2.00 bits per heavy atom. The molecule has 0 aliphatic carbocycles. The van der Waals surface area contributed by atoms with Crippen LogP contribution in [0.4, 0.5) is 0 Å². The van der Waals surface area contributed by atoms with Crippen LogP contribution < -0.4 is 0 Å². The minimum absolute atomic E-state index is 0.0687. The molecule has 3 heteroatoms. The fourth-order valence-electron chi connectivity index (χ4n) is 0.491. The highest BCUT2D eigenvalue weighted by atomic mass is 32.2. The number of hydrogen-bond donors (Lipinski definition) is 0. The van der Waals surface area contributed by atoms with Gasteiger partial charge < -0.3 is 0 Å². The SMILES string of the molecule is CO[S@@](=O)C(C)=C=CC(C)(C)C. The first-order valence-corrected chi connectivity index (χ1v) is 4.85. The van der Waals surface area contributed by atoms with E-state index in [4.69, 9.17) is 0 Å². The Morgan fingerprint density at radius 1 is 1.50 bits per heavy atom. The van der Waals surface area contributed by atoms with Crippen LogP contribution in [0.5, 0.6) is 0 Å². The van der Waals surface area contributed by atoms with Crippen molar-refractivity contribution in [3.05, 3.63) is 16.7 Å². The van der Waals surface area contributed by atoms with Gasteiger partial charge in [-0.15, -0.1) is 5.73 Å². The van der Waals surface area contributed by atoms with Crippen LogP contribution in [0.25, 0.3) is 0 Å². The first-order valence-electron chi connectivity index (χ1n) is 3.77. The first-order chi connectivity index (χ1) is 5.37. The quantitative estimate of drug-likeness (QED) is 0.622. The predicted molar refractivity (Wildman–Crippen MR) is 51.9 cm³/mol. The highest BCUT2D eigenvalue weighted by Gasteiger charge is 2.04. The second-order valence-corrected chi connectivity index (χ2v) is 5.03. The molecule has 0 aliphatic heterocycles. The van der Waals surface area contributed by atoms with Gasteiger partial charge in [-0.25, -0.2) is 4.21 Å². The van der Waals surface area contributed by atoms with Crippen molar-refractivity contribution in [2.24, 2.45) is 5.41 Å². The minimum Gasteiger partial charge on any atom is -0.290 e. The Labute approximate surface area is 77.0 Å². The molecule has 0 spiro atoms. The van der Waals surface area contributed by atoms with E-state index in [9.17, 15) is 4.21 Å². The summed E-state index contributed by atoms with van der Waals surface area (Å²) in [5, 5.41) is 0. The summed E-state index contributed by atoms with van der Waals surface area (Å²) in [4.78, 5) is 0.618. The molecule has 0 fully saturated rings.